The lowest BCUT2D eigenvalue weighted by Crippen LogP contribution is -2.48. The number of para-hydroxylation sites is 1. The van der Waals surface area contributed by atoms with Gasteiger partial charge < -0.3 is 4.53 Å². The Morgan fingerprint density at radius 2 is 1.82 bits per heavy atom. The number of aromatic nitrogens is 3. The normalized spacial score (nSPS) is 13.0. The zero-order valence-electron chi connectivity index (χ0n) is 11.1. The van der Waals surface area contributed by atoms with Crippen molar-refractivity contribution < 1.29 is 4.53 Å². The Kier molecular flexibility index (Phi) is 2.73. The summed E-state index contributed by atoms with van der Waals surface area (Å²) in [5.74, 6) is 0. The Bertz CT molecular complexity index is 528. The number of hydrogen-bond donors (Lipinski definition) is 0. The maximum Gasteiger partial charge on any atom is 0.286 e. The van der Waals surface area contributed by atoms with Crippen LogP contribution in [0.1, 0.15) is 20.8 Å². The van der Waals surface area contributed by atoms with Gasteiger partial charge in [0, 0.05) is 0 Å². The van der Waals surface area contributed by atoms with Crippen molar-refractivity contribution in [2.45, 2.75) is 38.9 Å². The summed E-state index contributed by atoms with van der Waals surface area (Å²) < 4.78 is 6.10. The second kappa shape index (κ2) is 3.84. The molecule has 0 spiro atoms. The average Bonchev–Trinajstić information content (AvgIpc) is 2.60. The first-order valence-corrected chi connectivity index (χ1v) is 8.72. The van der Waals surface area contributed by atoms with Gasteiger partial charge in [-0.1, -0.05) is 37.7 Å². The van der Waals surface area contributed by atoms with E-state index in [4.69, 9.17) is 4.53 Å². The highest BCUT2D eigenvalue weighted by Gasteiger charge is 2.40. The summed E-state index contributed by atoms with van der Waals surface area (Å²) in [6, 6.07) is 7.83. The lowest BCUT2D eigenvalue weighted by atomic mass is 10.2. The summed E-state index contributed by atoms with van der Waals surface area (Å²) in [7, 11) is -1.87. The van der Waals surface area contributed by atoms with Crippen LogP contribution >= 0.6 is 0 Å². The van der Waals surface area contributed by atoms with Gasteiger partial charge in [-0.15, -0.1) is 5.10 Å². The van der Waals surface area contributed by atoms with E-state index in [0.717, 1.165) is 11.0 Å². The van der Waals surface area contributed by atoms with Gasteiger partial charge in [-0.05, 0) is 35.5 Å². The predicted molar refractivity (Wildman–Crippen MR) is 71.3 cm³/mol. The number of fused-ring (bicyclic) bond motifs is 1. The molecule has 0 N–H and O–H groups in total. The Balaban J connectivity index is 2.37. The predicted octanol–water partition coefficient (Wildman–Crippen LogP) is 2.87. The van der Waals surface area contributed by atoms with Crippen molar-refractivity contribution in [3.05, 3.63) is 24.3 Å². The lowest BCUT2D eigenvalue weighted by molar-refractivity contribution is 0.216. The summed E-state index contributed by atoms with van der Waals surface area (Å²) in [6.07, 6.45) is 0. The molecule has 2 rings (SSSR count). The minimum absolute atomic E-state index is 0.153. The number of hydrogen-bond acceptors (Lipinski definition) is 3. The van der Waals surface area contributed by atoms with E-state index in [-0.39, 0.29) is 5.04 Å². The summed E-state index contributed by atoms with van der Waals surface area (Å²) in [5, 5.41) is 8.32. The van der Waals surface area contributed by atoms with Crippen LogP contribution in [0.25, 0.3) is 11.0 Å². The Morgan fingerprint density at radius 3 is 2.47 bits per heavy atom. The fraction of sp³-hybridized carbons (Fsp3) is 0.500. The van der Waals surface area contributed by atoms with Crippen LogP contribution in [0.3, 0.4) is 0 Å². The molecule has 0 radical (unpaired) electrons. The molecule has 0 fully saturated rings. The number of nitrogens with zero attached hydrogens (tertiary/aromatic N) is 3. The highest BCUT2D eigenvalue weighted by molar-refractivity contribution is 6.74. The molecule has 0 aliphatic carbocycles. The van der Waals surface area contributed by atoms with Crippen molar-refractivity contribution >= 4 is 19.4 Å². The monoisotopic (exact) mass is 249 g/mol. The van der Waals surface area contributed by atoms with Crippen LogP contribution in [0.5, 0.6) is 0 Å². The molecule has 4 nitrogen and oxygen atoms in total. The molecule has 0 atom stereocenters. The molecule has 1 heterocycles. The molecular weight excluding hydrogens is 230 g/mol. The quantitative estimate of drug-likeness (QED) is 0.768. The van der Waals surface area contributed by atoms with Crippen LogP contribution in [0.15, 0.2) is 24.3 Å². The van der Waals surface area contributed by atoms with Gasteiger partial charge in [0.05, 0.1) is 0 Å². The largest absolute Gasteiger partial charge is 0.454 e. The average molecular weight is 249 g/mol. The van der Waals surface area contributed by atoms with Gasteiger partial charge in [-0.25, -0.2) is 0 Å². The van der Waals surface area contributed by atoms with Crippen LogP contribution in [-0.2, 0) is 0 Å². The Labute approximate surface area is 103 Å². The highest BCUT2D eigenvalue weighted by Crippen LogP contribution is 2.35. The third kappa shape index (κ3) is 2.19. The number of rotatable bonds is 2. The third-order valence-corrected chi connectivity index (χ3v) is 7.68. The summed E-state index contributed by atoms with van der Waals surface area (Å²) in [5.41, 5.74) is 1.79. The zero-order valence-corrected chi connectivity index (χ0v) is 12.1. The van der Waals surface area contributed by atoms with Crippen molar-refractivity contribution in [1.29, 1.82) is 0 Å². The Morgan fingerprint density at radius 1 is 1.18 bits per heavy atom. The van der Waals surface area contributed by atoms with Gasteiger partial charge in [0.25, 0.3) is 8.32 Å². The molecule has 0 aliphatic heterocycles. The van der Waals surface area contributed by atoms with Gasteiger partial charge in [-0.2, -0.15) is 0 Å². The van der Waals surface area contributed by atoms with Gasteiger partial charge in [-0.3, -0.25) is 0 Å². The van der Waals surface area contributed by atoms with E-state index in [1.54, 1.807) is 4.85 Å². The third-order valence-electron chi connectivity index (χ3n) is 3.44. The van der Waals surface area contributed by atoms with Gasteiger partial charge in [0.1, 0.15) is 11.0 Å². The highest BCUT2D eigenvalue weighted by atomic mass is 28.4. The van der Waals surface area contributed by atoms with E-state index in [0.29, 0.717) is 0 Å². The van der Waals surface area contributed by atoms with Gasteiger partial charge in [0.15, 0.2) is 0 Å². The van der Waals surface area contributed by atoms with Gasteiger partial charge >= 0.3 is 0 Å². The minimum Gasteiger partial charge on any atom is -0.454 e. The van der Waals surface area contributed by atoms with Crippen LogP contribution in [0.2, 0.25) is 18.1 Å². The van der Waals surface area contributed by atoms with Crippen molar-refractivity contribution in [3.8, 4) is 0 Å². The first-order chi connectivity index (χ1) is 7.81. The maximum atomic E-state index is 6.10. The molecule has 1 aromatic carbocycles. The molecule has 92 valence electrons. The van der Waals surface area contributed by atoms with Gasteiger partial charge in [0.2, 0.25) is 0 Å². The summed E-state index contributed by atoms with van der Waals surface area (Å²) in [4.78, 5) is 1.58. The first-order valence-electron chi connectivity index (χ1n) is 5.81. The van der Waals surface area contributed by atoms with E-state index >= 15 is 0 Å². The molecule has 0 unspecified atom stereocenters. The first kappa shape index (κ1) is 12.1. The van der Waals surface area contributed by atoms with Crippen molar-refractivity contribution in [2.24, 2.45) is 0 Å². The van der Waals surface area contributed by atoms with E-state index in [2.05, 4.69) is 44.2 Å². The van der Waals surface area contributed by atoms with Crippen molar-refractivity contribution in [1.82, 2.24) is 15.2 Å². The molecule has 17 heavy (non-hydrogen) atoms. The summed E-state index contributed by atoms with van der Waals surface area (Å²) in [6.45, 7) is 11.0. The maximum absolute atomic E-state index is 6.10. The molecule has 0 amide bonds. The van der Waals surface area contributed by atoms with Crippen LogP contribution in [0.4, 0.5) is 0 Å². The topological polar surface area (TPSA) is 39.9 Å². The smallest absolute Gasteiger partial charge is 0.286 e. The fourth-order valence-corrected chi connectivity index (χ4v) is 2.11. The molecule has 2 aromatic rings. The SMILES string of the molecule is CC(C)(C)[Si](C)(C)On1nnc2ccccc21. The van der Waals surface area contributed by atoms with Crippen LogP contribution in [0, 0.1) is 0 Å². The minimum atomic E-state index is -1.87. The molecule has 0 aliphatic rings. The molecular formula is C12H19N3OSi. The molecule has 1 aromatic heterocycles. The Hall–Kier alpha value is -1.36. The molecule has 0 bridgehead atoms. The second-order valence-electron chi connectivity index (χ2n) is 5.80. The molecule has 0 saturated heterocycles. The van der Waals surface area contributed by atoms with Crippen LogP contribution in [-0.4, -0.2) is 23.5 Å². The molecule has 5 heteroatoms. The molecule has 0 saturated carbocycles. The standard InChI is InChI=1S/C12H19N3OSi/c1-12(2,3)17(4,5)16-15-11-9-7-6-8-10(11)13-14-15/h6-9H,1-5H3. The zero-order chi connectivity index (χ0) is 12.7. The van der Waals surface area contributed by atoms with E-state index in [9.17, 15) is 0 Å². The van der Waals surface area contributed by atoms with Crippen LogP contribution < -0.4 is 4.53 Å². The van der Waals surface area contributed by atoms with E-state index in [1.807, 2.05) is 24.3 Å². The summed E-state index contributed by atoms with van der Waals surface area (Å²) >= 11 is 0. The van der Waals surface area contributed by atoms with E-state index < -0.39 is 8.32 Å². The fourth-order valence-electron chi connectivity index (χ4n) is 1.27. The van der Waals surface area contributed by atoms with E-state index in [1.165, 1.54) is 0 Å². The number of benzene rings is 1. The second-order valence-corrected chi connectivity index (χ2v) is 10.5. The van der Waals surface area contributed by atoms with Crippen molar-refractivity contribution in [3.63, 3.8) is 0 Å². The van der Waals surface area contributed by atoms with Crippen molar-refractivity contribution in [2.75, 3.05) is 0 Å². The lowest BCUT2D eigenvalue weighted by Gasteiger charge is -2.34.